The molecular weight excluding hydrogens is 371 g/mol. The van der Waals surface area contributed by atoms with Crippen LogP contribution in [0.15, 0.2) is 71.9 Å². The van der Waals surface area contributed by atoms with Gasteiger partial charge in [0.15, 0.2) is 5.96 Å². The maximum Gasteiger partial charge on any atom is 0.224 e. The molecule has 6 nitrogen and oxygen atoms in total. The van der Waals surface area contributed by atoms with Gasteiger partial charge in [0.05, 0.1) is 19.2 Å². The molecule has 0 bridgehead atoms. The van der Waals surface area contributed by atoms with Crippen LogP contribution in [0.4, 0.5) is 4.39 Å². The van der Waals surface area contributed by atoms with Crippen molar-refractivity contribution in [2.24, 2.45) is 10.7 Å². The largest absolute Gasteiger partial charge is 0.493 e. The third-order valence-electron chi connectivity index (χ3n) is 4.56. The van der Waals surface area contributed by atoms with Crippen LogP contribution in [0.2, 0.25) is 0 Å². The fourth-order valence-electron chi connectivity index (χ4n) is 3.16. The van der Waals surface area contributed by atoms with Crippen LogP contribution in [-0.4, -0.2) is 17.6 Å². The molecule has 0 amide bonds. The summed E-state index contributed by atoms with van der Waals surface area (Å²) < 4.78 is 24.8. The quantitative estimate of drug-likeness (QED) is 0.508. The Morgan fingerprint density at radius 2 is 2.10 bits per heavy atom. The second-order valence-electron chi connectivity index (χ2n) is 6.60. The van der Waals surface area contributed by atoms with Gasteiger partial charge in [-0.05, 0) is 24.3 Å². The Morgan fingerprint density at radius 3 is 3.00 bits per heavy atom. The van der Waals surface area contributed by atoms with E-state index in [9.17, 15) is 4.39 Å². The lowest BCUT2D eigenvalue weighted by Gasteiger charge is -2.26. The Kier molecular flexibility index (Phi) is 5.56. The van der Waals surface area contributed by atoms with E-state index in [1.807, 2.05) is 30.3 Å². The Bertz CT molecular complexity index is 1020. The average Bonchev–Trinajstić information content (AvgIpc) is 2.73. The van der Waals surface area contributed by atoms with E-state index in [1.165, 1.54) is 12.1 Å². The van der Waals surface area contributed by atoms with E-state index in [-0.39, 0.29) is 18.4 Å². The summed E-state index contributed by atoms with van der Waals surface area (Å²) in [5.41, 5.74) is 7.93. The minimum absolute atomic E-state index is 0.0422. The molecule has 7 heteroatoms. The lowest BCUT2D eigenvalue weighted by molar-refractivity contribution is 0.262. The van der Waals surface area contributed by atoms with Gasteiger partial charge in [-0.1, -0.05) is 30.3 Å². The zero-order chi connectivity index (χ0) is 20.1. The number of ether oxygens (including phenoxy) is 2. The summed E-state index contributed by atoms with van der Waals surface area (Å²) in [5.74, 6) is 1.56. The molecule has 0 aliphatic carbocycles. The van der Waals surface area contributed by atoms with E-state index < -0.39 is 0 Å². The van der Waals surface area contributed by atoms with Crippen molar-refractivity contribution < 1.29 is 13.9 Å². The summed E-state index contributed by atoms with van der Waals surface area (Å²) in [6.07, 6.45) is 2.41. The van der Waals surface area contributed by atoms with Crippen molar-refractivity contribution in [3.8, 4) is 17.4 Å². The van der Waals surface area contributed by atoms with Crippen molar-refractivity contribution in [2.45, 2.75) is 19.0 Å². The second-order valence-corrected chi connectivity index (χ2v) is 6.60. The third kappa shape index (κ3) is 4.63. The van der Waals surface area contributed by atoms with Crippen molar-refractivity contribution in [1.82, 2.24) is 10.3 Å². The highest BCUT2D eigenvalue weighted by Crippen LogP contribution is 2.31. The van der Waals surface area contributed by atoms with Crippen LogP contribution in [0.5, 0.6) is 17.4 Å². The van der Waals surface area contributed by atoms with Gasteiger partial charge >= 0.3 is 0 Å². The molecule has 1 aromatic heterocycles. The molecule has 148 valence electrons. The molecular formula is C22H21FN4O2. The number of fused-ring (bicyclic) bond motifs is 1. The van der Waals surface area contributed by atoms with Gasteiger partial charge in [-0.3, -0.25) is 0 Å². The van der Waals surface area contributed by atoms with Crippen LogP contribution in [0.1, 0.15) is 23.6 Å². The van der Waals surface area contributed by atoms with Gasteiger partial charge in [0.25, 0.3) is 0 Å². The summed E-state index contributed by atoms with van der Waals surface area (Å²) in [6, 6.07) is 17.5. The van der Waals surface area contributed by atoms with Gasteiger partial charge in [-0.25, -0.2) is 14.4 Å². The number of halogens is 1. The number of guanidine groups is 1. The molecule has 29 heavy (non-hydrogen) atoms. The van der Waals surface area contributed by atoms with Gasteiger partial charge < -0.3 is 20.5 Å². The summed E-state index contributed by atoms with van der Waals surface area (Å²) in [4.78, 5) is 8.67. The van der Waals surface area contributed by atoms with E-state index in [1.54, 1.807) is 24.4 Å². The van der Waals surface area contributed by atoms with Gasteiger partial charge in [-0.2, -0.15) is 0 Å². The minimum Gasteiger partial charge on any atom is -0.493 e. The van der Waals surface area contributed by atoms with Crippen LogP contribution in [-0.2, 0) is 6.54 Å². The van der Waals surface area contributed by atoms with Crippen molar-refractivity contribution in [1.29, 1.82) is 0 Å². The zero-order valence-corrected chi connectivity index (χ0v) is 15.7. The summed E-state index contributed by atoms with van der Waals surface area (Å²) in [6.45, 7) is 0.901. The van der Waals surface area contributed by atoms with E-state index in [0.717, 1.165) is 23.3 Å². The predicted molar refractivity (Wildman–Crippen MR) is 108 cm³/mol. The van der Waals surface area contributed by atoms with Crippen LogP contribution in [0.25, 0.3) is 0 Å². The summed E-state index contributed by atoms with van der Waals surface area (Å²) >= 11 is 0. The topological polar surface area (TPSA) is 81.8 Å². The first-order chi connectivity index (χ1) is 14.2. The number of rotatable bonds is 5. The number of pyridine rings is 1. The standard InChI is InChI=1S/C22H21FN4O2/c23-16-6-3-7-17(13-16)29-21-15(5-4-11-25-21)14-26-22(24)27-19-10-12-28-20-9-2-1-8-18(19)20/h1-9,11,13,19H,10,12,14H2,(H3,24,26,27). The number of hydrogen-bond acceptors (Lipinski definition) is 4. The SMILES string of the molecule is NC(=NCc1cccnc1Oc1cccc(F)c1)NC1CCOc2ccccc21. The van der Waals surface area contributed by atoms with Crippen molar-refractivity contribution in [3.63, 3.8) is 0 Å². The molecule has 1 unspecified atom stereocenters. The molecule has 0 saturated carbocycles. The average molecular weight is 392 g/mol. The van der Waals surface area contributed by atoms with Crippen molar-refractivity contribution in [2.75, 3.05) is 6.61 Å². The molecule has 0 spiro atoms. The molecule has 0 fully saturated rings. The number of nitrogens with two attached hydrogens (primary N) is 1. The number of aromatic nitrogens is 1. The summed E-state index contributed by atoms with van der Waals surface area (Å²) in [7, 11) is 0. The van der Waals surface area contributed by atoms with Gasteiger partial charge in [-0.15, -0.1) is 0 Å². The Labute approximate surface area is 168 Å². The van der Waals surface area contributed by atoms with Crippen molar-refractivity contribution in [3.05, 3.63) is 83.8 Å². The second kappa shape index (κ2) is 8.60. The third-order valence-corrected chi connectivity index (χ3v) is 4.56. The zero-order valence-electron chi connectivity index (χ0n) is 15.7. The number of hydrogen-bond donors (Lipinski definition) is 2. The number of nitrogens with one attached hydrogen (secondary N) is 1. The number of benzene rings is 2. The maximum atomic E-state index is 13.4. The van der Waals surface area contributed by atoms with E-state index in [4.69, 9.17) is 15.2 Å². The Hall–Kier alpha value is -3.61. The molecule has 0 saturated heterocycles. The molecule has 3 aromatic rings. The fourth-order valence-corrected chi connectivity index (χ4v) is 3.16. The van der Waals surface area contributed by atoms with Gasteiger partial charge in [0.1, 0.15) is 17.3 Å². The lowest BCUT2D eigenvalue weighted by Crippen LogP contribution is -2.37. The lowest BCUT2D eigenvalue weighted by atomic mass is 10.0. The molecule has 4 rings (SSSR count). The maximum absolute atomic E-state index is 13.4. The normalized spacial score (nSPS) is 15.9. The predicted octanol–water partition coefficient (Wildman–Crippen LogP) is 3.94. The Morgan fingerprint density at radius 1 is 1.21 bits per heavy atom. The number of aliphatic imine (C=N–C) groups is 1. The molecule has 2 heterocycles. The highest BCUT2D eigenvalue weighted by atomic mass is 19.1. The van der Waals surface area contributed by atoms with E-state index in [2.05, 4.69) is 15.3 Å². The molecule has 2 aromatic carbocycles. The molecule has 1 aliphatic heterocycles. The highest BCUT2D eigenvalue weighted by molar-refractivity contribution is 5.78. The van der Waals surface area contributed by atoms with Gasteiger partial charge in [0.2, 0.25) is 5.88 Å². The Balaban J connectivity index is 1.45. The first-order valence-corrected chi connectivity index (χ1v) is 9.34. The van der Waals surface area contributed by atoms with Crippen LogP contribution < -0.4 is 20.5 Å². The summed E-state index contributed by atoms with van der Waals surface area (Å²) in [5, 5.41) is 3.26. The molecule has 3 N–H and O–H groups in total. The molecule has 1 atom stereocenters. The van der Waals surface area contributed by atoms with Crippen LogP contribution in [0, 0.1) is 5.82 Å². The van der Waals surface area contributed by atoms with Gasteiger partial charge in [0, 0.05) is 29.8 Å². The number of para-hydroxylation sites is 1. The molecule has 0 radical (unpaired) electrons. The smallest absolute Gasteiger partial charge is 0.224 e. The first kappa shape index (κ1) is 18.7. The minimum atomic E-state index is -0.372. The van der Waals surface area contributed by atoms with Crippen LogP contribution >= 0.6 is 0 Å². The van der Waals surface area contributed by atoms with E-state index in [0.29, 0.717) is 24.2 Å². The monoisotopic (exact) mass is 392 g/mol. The molecule has 1 aliphatic rings. The number of nitrogens with zero attached hydrogens (tertiary/aromatic N) is 2. The van der Waals surface area contributed by atoms with E-state index >= 15 is 0 Å². The van der Waals surface area contributed by atoms with Crippen LogP contribution in [0.3, 0.4) is 0 Å². The van der Waals surface area contributed by atoms with Crippen molar-refractivity contribution >= 4 is 5.96 Å². The first-order valence-electron chi connectivity index (χ1n) is 9.34. The highest BCUT2D eigenvalue weighted by Gasteiger charge is 2.21. The fraction of sp³-hybridized carbons (Fsp3) is 0.182.